The van der Waals surface area contributed by atoms with E-state index in [1.165, 1.54) is 0 Å². The number of benzene rings is 4. The van der Waals surface area contributed by atoms with E-state index in [1.54, 1.807) is 0 Å². The lowest BCUT2D eigenvalue weighted by Crippen LogP contribution is -2.58. The predicted octanol–water partition coefficient (Wildman–Crippen LogP) is 2.07. The summed E-state index contributed by atoms with van der Waals surface area (Å²) in [6.45, 7) is 2.63. The fraction of sp³-hybridized carbons (Fsp3) is 0.0800. The number of hydrogen-bond donors (Lipinski definition) is 2. The second kappa shape index (κ2) is 9.19. The topological polar surface area (TPSA) is 138 Å². The summed E-state index contributed by atoms with van der Waals surface area (Å²) in [6, 6.07) is 27.0. The summed E-state index contributed by atoms with van der Waals surface area (Å²) in [5.74, 6) is 1.44. The average molecular weight is 465 g/mol. The molecule has 4 aromatic carbocycles. The van der Waals surface area contributed by atoms with Crippen LogP contribution in [0.2, 0.25) is 0 Å². The van der Waals surface area contributed by atoms with Crippen LogP contribution in [0.25, 0.3) is 43.6 Å². The van der Waals surface area contributed by atoms with E-state index >= 15 is 0 Å². The van der Waals surface area contributed by atoms with Gasteiger partial charge in [-0.25, -0.2) is 4.98 Å². The number of nitrogens with zero attached hydrogens (tertiary/aromatic N) is 1. The number of nitrogen functional groups attached to an aromatic ring is 1. The molecular weight excluding hydrogens is 444 g/mol. The zero-order valence-corrected chi connectivity index (χ0v) is 18.5. The van der Waals surface area contributed by atoms with Crippen molar-refractivity contribution in [3.8, 4) is 16.9 Å². The van der Waals surface area contributed by atoms with Crippen molar-refractivity contribution in [2.75, 3.05) is 12.3 Å². The maximum atomic E-state index is 8.60. The van der Waals surface area contributed by atoms with Crippen LogP contribution in [0.3, 0.4) is 0 Å². The third-order valence-electron chi connectivity index (χ3n) is 5.20. The van der Waals surface area contributed by atoms with Gasteiger partial charge in [-0.05, 0) is 35.4 Å². The summed E-state index contributed by atoms with van der Waals surface area (Å²) in [6.07, 6.45) is 0. The number of rotatable bonds is 3. The molecule has 0 saturated heterocycles. The van der Waals surface area contributed by atoms with Gasteiger partial charge in [-0.3, -0.25) is 0 Å². The Hall–Kier alpha value is -3.46. The van der Waals surface area contributed by atoms with Crippen LogP contribution in [0.4, 0.5) is 5.82 Å². The lowest BCUT2D eigenvalue weighted by molar-refractivity contribution is -1.92. The van der Waals surface area contributed by atoms with Gasteiger partial charge in [0.2, 0.25) is 0 Å². The Morgan fingerprint density at radius 2 is 1.42 bits per heavy atom. The molecule has 5 aromatic rings. The van der Waals surface area contributed by atoms with Crippen LogP contribution in [0, 0.1) is 10.2 Å². The molecule has 0 saturated carbocycles. The van der Waals surface area contributed by atoms with Crippen LogP contribution in [-0.4, -0.2) is 16.2 Å². The highest BCUT2D eigenvalue weighted by atomic mass is 35.7. The molecule has 33 heavy (non-hydrogen) atoms. The van der Waals surface area contributed by atoms with Gasteiger partial charge in [-0.1, -0.05) is 66.7 Å². The Bertz CT molecular complexity index is 1440. The molecule has 0 atom stereocenters. The molecule has 1 heterocycles. The summed E-state index contributed by atoms with van der Waals surface area (Å²) >= 11 is 0. The number of ether oxygens (including phenoxy) is 1. The first-order valence-corrected chi connectivity index (χ1v) is 11.4. The van der Waals surface area contributed by atoms with Crippen LogP contribution in [-0.2, 0) is 0 Å². The van der Waals surface area contributed by atoms with Gasteiger partial charge in [0, 0.05) is 21.7 Å². The minimum atomic E-state index is -4.69. The molecule has 0 aliphatic rings. The predicted molar refractivity (Wildman–Crippen MR) is 120 cm³/mol. The fourth-order valence-electron chi connectivity index (χ4n) is 4.01. The van der Waals surface area contributed by atoms with E-state index in [0.29, 0.717) is 12.4 Å². The van der Waals surface area contributed by atoms with E-state index in [-0.39, 0.29) is 0 Å². The molecule has 3 N–H and O–H groups in total. The van der Waals surface area contributed by atoms with Crippen molar-refractivity contribution in [3.63, 3.8) is 0 Å². The van der Waals surface area contributed by atoms with Crippen LogP contribution >= 0.6 is 0 Å². The zero-order valence-electron chi connectivity index (χ0n) is 17.7. The van der Waals surface area contributed by atoms with Gasteiger partial charge < -0.3 is 10.5 Å². The molecule has 0 spiro atoms. The number of pyridine rings is 1. The van der Waals surface area contributed by atoms with Gasteiger partial charge in [0.05, 0.1) is 27.0 Å². The van der Waals surface area contributed by atoms with E-state index in [2.05, 4.69) is 42.5 Å². The van der Waals surface area contributed by atoms with Gasteiger partial charge in [0.25, 0.3) is 0 Å². The fourth-order valence-corrected chi connectivity index (χ4v) is 4.01. The SMILES string of the molecule is CCOc1ccccc1-c1cc2ccccc2c2nc(N)c3ccccc3c12.[O-][Cl+3]([O-])([O-])O. The molecule has 0 radical (unpaired) electrons. The summed E-state index contributed by atoms with van der Waals surface area (Å²) < 4.78 is 38.7. The minimum absolute atomic E-state index is 0.559. The summed E-state index contributed by atoms with van der Waals surface area (Å²) in [5, 5.41) is 5.43. The molecule has 8 heteroatoms. The molecule has 168 valence electrons. The van der Waals surface area contributed by atoms with Crippen molar-refractivity contribution in [1.82, 2.24) is 4.98 Å². The normalized spacial score (nSPS) is 11.4. The first-order chi connectivity index (χ1) is 15.8. The van der Waals surface area contributed by atoms with Crippen molar-refractivity contribution < 1.29 is 33.6 Å². The van der Waals surface area contributed by atoms with Gasteiger partial charge in [0.15, 0.2) is 0 Å². The van der Waals surface area contributed by atoms with Crippen LogP contribution in [0.1, 0.15) is 6.92 Å². The zero-order chi connectivity index (χ0) is 23.6. The number of fused-ring (bicyclic) bond motifs is 5. The van der Waals surface area contributed by atoms with Gasteiger partial charge in [0.1, 0.15) is 11.6 Å². The second-order valence-electron chi connectivity index (χ2n) is 7.24. The van der Waals surface area contributed by atoms with Crippen molar-refractivity contribution in [2.24, 2.45) is 0 Å². The van der Waals surface area contributed by atoms with Gasteiger partial charge >= 0.3 is 0 Å². The highest BCUT2D eigenvalue weighted by Gasteiger charge is 2.17. The maximum Gasteiger partial charge on any atom is 0.132 e. The number of para-hydroxylation sites is 1. The summed E-state index contributed by atoms with van der Waals surface area (Å²) in [5.41, 5.74) is 9.45. The molecule has 7 nitrogen and oxygen atoms in total. The van der Waals surface area contributed by atoms with Gasteiger partial charge in [-0.2, -0.15) is 14.0 Å². The highest BCUT2D eigenvalue weighted by molar-refractivity contribution is 6.23. The molecule has 0 fully saturated rings. The van der Waals surface area contributed by atoms with Crippen LogP contribution in [0.15, 0.2) is 78.9 Å². The van der Waals surface area contributed by atoms with Crippen molar-refractivity contribution in [1.29, 1.82) is 0 Å². The molecule has 5 rings (SSSR count). The first-order valence-electron chi connectivity index (χ1n) is 10.1. The van der Waals surface area contributed by atoms with E-state index < -0.39 is 10.2 Å². The van der Waals surface area contributed by atoms with Crippen molar-refractivity contribution >= 4 is 38.3 Å². The Morgan fingerprint density at radius 1 is 0.848 bits per heavy atom. The third kappa shape index (κ3) is 4.83. The van der Waals surface area contributed by atoms with Crippen molar-refractivity contribution in [2.45, 2.75) is 6.92 Å². The van der Waals surface area contributed by atoms with Crippen molar-refractivity contribution in [3.05, 3.63) is 78.9 Å². The van der Waals surface area contributed by atoms with Crippen LogP contribution in [0.5, 0.6) is 5.75 Å². The van der Waals surface area contributed by atoms with E-state index in [9.17, 15) is 0 Å². The lowest BCUT2D eigenvalue weighted by atomic mass is 9.92. The average Bonchev–Trinajstić information content (AvgIpc) is 2.78. The second-order valence-corrected chi connectivity index (χ2v) is 8.03. The minimum Gasteiger partial charge on any atom is -0.493 e. The number of hydrogen-bond acceptors (Lipinski definition) is 7. The number of aromatic nitrogens is 1. The van der Waals surface area contributed by atoms with E-state index in [4.69, 9.17) is 34.1 Å². The molecule has 0 aliphatic heterocycles. The smallest absolute Gasteiger partial charge is 0.132 e. The maximum absolute atomic E-state index is 8.60. The Kier molecular flexibility index (Phi) is 6.33. The Labute approximate surface area is 192 Å². The molecular formula is C25H21ClN2O5. The monoisotopic (exact) mass is 464 g/mol. The summed E-state index contributed by atoms with van der Waals surface area (Å²) in [7, 11) is -4.69. The number of halogens is 1. The largest absolute Gasteiger partial charge is 0.493 e. The third-order valence-corrected chi connectivity index (χ3v) is 5.20. The molecule has 0 aliphatic carbocycles. The molecule has 0 amide bonds. The lowest BCUT2D eigenvalue weighted by Gasteiger charge is -2.16. The van der Waals surface area contributed by atoms with Crippen LogP contribution < -0.4 is 24.4 Å². The molecule has 0 unspecified atom stereocenters. The summed E-state index contributed by atoms with van der Waals surface area (Å²) in [4.78, 5) is 4.83. The standard InChI is InChI=1S/C25H20N2O.ClHO4/c1-2-28-22-14-8-7-11-18(22)21-15-16-9-3-4-10-17(16)24-23(21)19-12-5-6-13-20(19)25(26)27-24;2-1(3,4)5/h3-15H,2H2,1H3,(H2,26,27);(H,2,3,4,5). The van der Waals surface area contributed by atoms with E-state index in [1.807, 2.05) is 43.3 Å². The number of nitrogens with two attached hydrogens (primary N) is 1. The van der Waals surface area contributed by atoms with E-state index in [0.717, 1.165) is 49.3 Å². The Balaban J connectivity index is 0.000000471. The molecule has 1 aromatic heterocycles. The Morgan fingerprint density at radius 3 is 2.12 bits per heavy atom. The number of anilines is 1. The first kappa shape index (κ1) is 22.7. The van der Waals surface area contributed by atoms with Gasteiger partial charge in [-0.15, -0.1) is 0 Å². The highest BCUT2D eigenvalue weighted by Crippen LogP contribution is 2.42. The quantitative estimate of drug-likeness (QED) is 0.390. The molecule has 0 bridgehead atoms.